The van der Waals surface area contributed by atoms with E-state index in [2.05, 4.69) is 4.90 Å². The summed E-state index contributed by atoms with van der Waals surface area (Å²) in [5, 5.41) is 0. The Hall–Kier alpha value is -1.06. The van der Waals surface area contributed by atoms with Gasteiger partial charge in [0.2, 0.25) is 11.8 Å². The highest BCUT2D eigenvalue weighted by Gasteiger charge is 2.46. The van der Waals surface area contributed by atoms with E-state index in [1.807, 2.05) is 4.90 Å². The van der Waals surface area contributed by atoms with Crippen molar-refractivity contribution in [1.82, 2.24) is 9.80 Å². The molecule has 0 aromatic heterocycles. The maximum Gasteiger partial charge on any atom is 0.225 e. The smallest absolute Gasteiger partial charge is 0.225 e. The van der Waals surface area contributed by atoms with Crippen molar-refractivity contribution in [3.63, 3.8) is 0 Å². The Kier molecular flexibility index (Phi) is 3.74. The largest absolute Gasteiger partial charge is 0.342 e. The van der Waals surface area contributed by atoms with Crippen LogP contribution in [0.4, 0.5) is 0 Å². The number of piperidine rings is 1. The Morgan fingerprint density at radius 2 is 1.55 bits per heavy atom. The van der Waals surface area contributed by atoms with Gasteiger partial charge in [-0.3, -0.25) is 9.59 Å². The molecule has 1 saturated carbocycles. The number of carbonyl (C=O) groups excluding carboxylic acids is 2. The van der Waals surface area contributed by atoms with Gasteiger partial charge in [-0.25, -0.2) is 0 Å². The molecule has 2 saturated heterocycles. The van der Waals surface area contributed by atoms with Crippen molar-refractivity contribution in [2.45, 2.75) is 51.9 Å². The average Bonchev–Trinajstić information content (AvgIpc) is 2.45. The van der Waals surface area contributed by atoms with E-state index in [1.54, 1.807) is 6.92 Å². The quantitative estimate of drug-likeness (QED) is 0.736. The van der Waals surface area contributed by atoms with Crippen LogP contribution in [0.25, 0.3) is 0 Å². The topological polar surface area (TPSA) is 40.6 Å². The van der Waals surface area contributed by atoms with E-state index >= 15 is 0 Å². The van der Waals surface area contributed by atoms with Crippen LogP contribution in [-0.4, -0.2) is 47.8 Å². The third-order valence-corrected chi connectivity index (χ3v) is 5.59. The van der Waals surface area contributed by atoms with Crippen molar-refractivity contribution in [3.8, 4) is 0 Å². The molecule has 4 nitrogen and oxygen atoms in total. The summed E-state index contributed by atoms with van der Waals surface area (Å²) >= 11 is 0. The first-order valence-electron chi connectivity index (χ1n) is 8.14. The molecule has 1 aliphatic carbocycles. The predicted octanol–water partition coefficient (Wildman–Crippen LogP) is 2.04. The van der Waals surface area contributed by atoms with Crippen molar-refractivity contribution in [2.75, 3.05) is 26.2 Å². The monoisotopic (exact) mass is 278 g/mol. The molecule has 0 aromatic rings. The molecule has 0 unspecified atom stereocenters. The highest BCUT2D eigenvalue weighted by molar-refractivity contribution is 5.79. The Bertz CT molecular complexity index is 385. The van der Waals surface area contributed by atoms with Crippen LogP contribution in [0.5, 0.6) is 0 Å². The van der Waals surface area contributed by atoms with E-state index in [0.29, 0.717) is 17.2 Å². The minimum Gasteiger partial charge on any atom is -0.342 e. The lowest BCUT2D eigenvalue weighted by molar-refractivity contribution is -0.150. The second-order valence-corrected chi connectivity index (χ2v) is 7.04. The van der Waals surface area contributed by atoms with E-state index < -0.39 is 0 Å². The summed E-state index contributed by atoms with van der Waals surface area (Å²) < 4.78 is 0. The lowest BCUT2D eigenvalue weighted by Crippen LogP contribution is -2.62. The zero-order valence-electron chi connectivity index (χ0n) is 12.6. The number of rotatable bonds is 1. The number of hydrogen-bond donors (Lipinski definition) is 0. The van der Waals surface area contributed by atoms with Crippen LogP contribution in [-0.2, 0) is 9.59 Å². The van der Waals surface area contributed by atoms with Crippen molar-refractivity contribution in [2.24, 2.45) is 11.3 Å². The van der Waals surface area contributed by atoms with Gasteiger partial charge >= 0.3 is 0 Å². The van der Waals surface area contributed by atoms with Gasteiger partial charge in [0.25, 0.3) is 0 Å². The normalized spacial score (nSPS) is 26.4. The lowest BCUT2D eigenvalue weighted by atomic mass is 9.71. The second kappa shape index (κ2) is 5.38. The molecule has 0 aromatic carbocycles. The molecule has 1 spiro atoms. The zero-order chi connectivity index (χ0) is 14.2. The fourth-order valence-electron chi connectivity index (χ4n) is 4.11. The Balaban J connectivity index is 1.49. The molecular weight excluding hydrogens is 252 g/mol. The van der Waals surface area contributed by atoms with Crippen molar-refractivity contribution < 1.29 is 9.59 Å². The summed E-state index contributed by atoms with van der Waals surface area (Å²) in [6.07, 6.45) is 8.10. The van der Waals surface area contributed by atoms with E-state index in [0.717, 1.165) is 51.9 Å². The van der Waals surface area contributed by atoms with Gasteiger partial charge in [-0.2, -0.15) is 0 Å². The van der Waals surface area contributed by atoms with Crippen LogP contribution in [0.3, 0.4) is 0 Å². The van der Waals surface area contributed by atoms with Gasteiger partial charge in [-0.1, -0.05) is 19.3 Å². The fraction of sp³-hybridized carbons (Fsp3) is 0.875. The van der Waals surface area contributed by atoms with Crippen LogP contribution in [0.2, 0.25) is 0 Å². The molecule has 0 N–H and O–H groups in total. The molecule has 3 rings (SSSR count). The zero-order valence-corrected chi connectivity index (χ0v) is 12.6. The molecule has 20 heavy (non-hydrogen) atoms. The predicted molar refractivity (Wildman–Crippen MR) is 77.1 cm³/mol. The van der Waals surface area contributed by atoms with Gasteiger partial charge < -0.3 is 9.80 Å². The first-order chi connectivity index (χ1) is 9.60. The maximum atomic E-state index is 12.5. The van der Waals surface area contributed by atoms with Gasteiger partial charge in [0.15, 0.2) is 0 Å². The molecule has 0 bridgehead atoms. The van der Waals surface area contributed by atoms with Gasteiger partial charge in [0, 0.05) is 44.4 Å². The van der Waals surface area contributed by atoms with Gasteiger partial charge in [0.1, 0.15) is 0 Å². The minimum absolute atomic E-state index is 0.191. The summed E-state index contributed by atoms with van der Waals surface area (Å²) in [5.41, 5.74) is 0.328. The molecule has 0 atom stereocenters. The van der Waals surface area contributed by atoms with Crippen LogP contribution >= 0.6 is 0 Å². The summed E-state index contributed by atoms with van der Waals surface area (Å²) in [7, 11) is 0. The lowest BCUT2D eigenvalue weighted by Gasteiger charge is -2.54. The molecule has 2 aliphatic heterocycles. The molecule has 2 amide bonds. The molecule has 112 valence electrons. The third kappa shape index (κ3) is 2.57. The second-order valence-electron chi connectivity index (χ2n) is 7.04. The Labute approximate surface area is 121 Å². The van der Waals surface area contributed by atoms with E-state index in [9.17, 15) is 9.59 Å². The van der Waals surface area contributed by atoms with Crippen LogP contribution in [0, 0.1) is 11.3 Å². The Morgan fingerprint density at radius 3 is 2.10 bits per heavy atom. The van der Waals surface area contributed by atoms with Crippen molar-refractivity contribution >= 4 is 11.8 Å². The fourth-order valence-corrected chi connectivity index (χ4v) is 4.11. The number of amides is 2. The SMILES string of the molecule is CC(=O)N1CC2(CCN(C(=O)C3CCCCC3)CC2)C1. The molecule has 4 heteroatoms. The molecule has 0 radical (unpaired) electrons. The summed E-state index contributed by atoms with van der Waals surface area (Å²) in [6.45, 7) is 5.28. The van der Waals surface area contributed by atoms with Gasteiger partial charge in [-0.15, -0.1) is 0 Å². The Morgan fingerprint density at radius 1 is 0.950 bits per heavy atom. The van der Waals surface area contributed by atoms with Crippen LogP contribution in [0.1, 0.15) is 51.9 Å². The molecule has 3 fully saturated rings. The van der Waals surface area contributed by atoms with Crippen LogP contribution in [0.15, 0.2) is 0 Å². The summed E-state index contributed by atoms with van der Waals surface area (Å²) in [5.74, 6) is 0.895. The van der Waals surface area contributed by atoms with E-state index in [-0.39, 0.29) is 5.91 Å². The van der Waals surface area contributed by atoms with Crippen LogP contribution < -0.4 is 0 Å². The number of hydrogen-bond acceptors (Lipinski definition) is 2. The van der Waals surface area contributed by atoms with E-state index in [4.69, 9.17) is 0 Å². The first kappa shape index (κ1) is 13.9. The number of nitrogens with zero attached hydrogens (tertiary/aromatic N) is 2. The average molecular weight is 278 g/mol. The van der Waals surface area contributed by atoms with Gasteiger partial charge in [0.05, 0.1) is 0 Å². The van der Waals surface area contributed by atoms with Crippen molar-refractivity contribution in [3.05, 3.63) is 0 Å². The highest BCUT2D eigenvalue weighted by Crippen LogP contribution is 2.41. The standard InChI is InChI=1S/C16H26N2O2/c1-13(19)18-11-16(12-18)7-9-17(10-8-16)15(20)14-5-3-2-4-6-14/h14H,2-12H2,1H3. The third-order valence-electron chi connectivity index (χ3n) is 5.59. The van der Waals surface area contributed by atoms with Gasteiger partial charge in [-0.05, 0) is 25.7 Å². The summed E-state index contributed by atoms with van der Waals surface area (Å²) in [6, 6.07) is 0. The minimum atomic E-state index is 0.191. The van der Waals surface area contributed by atoms with Crippen molar-refractivity contribution in [1.29, 1.82) is 0 Å². The maximum absolute atomic E-state index is 12.5. The molecule has 3 aliphatic rings. The highest BCUT2D eigenvalue weighted by atomic mass is 16.2. The molecule has 2 heterocycles. The summed E-state index contributed by atoms with van der Waals surface area (Å²) in [4.78, 5) is 27.8. The first-order valence-corrected chi connectivity index (χ1v) is 8.14. The van der Waals surface area contributed by atoms with E-state index in [1.165, 1.54) is 19.3 Å². The number of likely N-dealkylation sites (tertiary alicyclic amines) is 2. The molecular formula is C16H26N2O2. The number of carbonyl (C=O) groups is 2.